The number of nitrogens with zero attached hydrogens (tertiary/aromatic N) is 3. The number of aliphatic hydroxyl groups excluding tert-OH is 1. The van der Waals surface area contributed by atoms with Gasteiger partial charge in [-0.2, -0.15) is 0 Å². The minimum Gasteiger partial charge on any atom is -0.476 e. The van der Waals surface area contributed by atoms with E-state index in [4.69, 9.17) is 15.9 Å². The molecule has 4 N–H and O–H groups in total. The molecule has 0 saturated carbocycles. The minimum atomic E-state index is -1.16. The van der Waals surface area contributed by atoms with Gasteiger partial charge in [0.15, 0.2) is 5.69 Å². The summed E-state index contributed by atoms with van der Waals surface area (Å²) in [5.41, 5.74) is 5.52. The van der Waals surface area contributed by atoms with Crippen LogP contribution in [-0.2, 0) is 13.1 Å². The molecule has 0 aliphatic carbocycles. The van der Waals surface area contributed by atoms with Crippen molar-refractivity contribution in [1.82, 2.24) is 15.0 Å². The zero-order chi connectivity index (χ0) is 10.7. The second kappa shape index (κ2) is 4.16. The van der Waals surface area contributed by atoms with Crippen molar-refractivity contribution in [3.05, 3.63) is 11.4 Å². The molecule has 14 heavy (non-hydrogen) atoms. The molecule has 1 unspecified atom stereocenters. The van der Waals surface area contributed by atoms with Gasteiger partial charge in [-0.05, 0) is 6.92 Å². The van der Waals surface area contributed by atoms with E-state index in [0.717, 1.165) is 0 Å². The molecule has 0 aliphatic rings. The van der Waals surface area contributed by atoms with Crippen LogP contribution in [0.5, 0.6) is 0 Å². The van der Waals surface area contributed by atoms with Crippen LogP contribution in [0, 0.1) is 0 Å². The van der Waals surface area contributed by atoms with Crippen LogP contribution >= 0.6 is 0 Å². The Bertz CT molecular complexity index is 334. The first kappa shape index (κ1) is 10.6. The molecule has 0 saturated heterocycles. The molecule has 7 heteroatoms. The monoisotopic (exact) mass is 200 g/mol. The lowest BCUT2D eigenvalue weighted by molar-refractivity contribution is 0.0688. The van der Waals surface area contributed by atoms with Gasteiger partial charge < -0.3 is 15.9 Å². The van der Waals surface area contributed by atoms with E-state index in [2.05, 4.69) is 10.3 Å². The number of aromatic carboxylic acids is 1. The molecular weight excluding hydrogens is 188 g/mol. The maximum absolute atomic E-state index is 10.6. The summed E-state index contributed by atoms with van der Waals surface area (Å²) in [4.78, 5) is 10.6. The SMILES string of the molecule is CC(O)Cn1nnc(C(=O)O)c1CN. The van der Waals surface area contributed by atoms with Crippen LogP contribution in [-0.4, -0.2) is 37.3 Å². The quantitative estimate of drug-likeness (QED) is 0.563. The van der Waals surface area contributed by atoms with Crippen molar-refractivity contribution in [1.29, 1.82) is 0 Å². The molecule has 7 nitrogen and oxygen atoms in total. The lowest BCUT2D eigenvalue weighted by atomic mass is 10.3. The van der Waals surface area contributed by atoms with Gasteiger partial charge in [0.1, 0.15) is 0 Å². The van der Waals surface area contributed by atoms with Crippen LogP contribution in [0.15, 0.2) is 0 Å². The van der Waals surface area contributed by atoms with Gasteiger partial charge in [-0.15, -0.1) is 5.10 Å². The van der Waals surface area contributed by atoms with E-state index in [-0.39, 0.29) is 18.8 Å². The number of nitrogens with two attached hydrogens (primary N) is 1. The molecule has 1 aromatic heterocycles. The third kappa shape index (κ3) is 2.06. The van der Waals surface area contributed by atoms with E-state index in [1.807, 2.05) is 0 Å². The first-order valence-corrected chi connectivity index (χ1v) is 4.10. The number of aliphatic hydroxyl groups is 1. The summed E-state index contributed by atoms with van der Waals surface area (Å²) in [6.07, 6.45) is -0.622. The highest BCUT2D eigenvalue weighted by Crippen LogP contribution is 2.05. The van der Waals surface area contributed by atoms with Crippen LogP contribution in [0.2, 0.25) is 0 Å². The molecule has 1 heterocycles. The topological polar surface area (TPSA) is 114 Å². The molecule has 0 aromatic carbocycles. The highest BCUT2D eigenvalue weighted by molar-refractivity contribution is 5.86. The average molecular weight is 200 g/mol. The Hall–Kier alpha value is -1.47. The third-order valence-corrected chi connectivity index (χ3v) is 1.67. The second-order valence-corrected chi connectivity index (χ2v) is 2.93. The zero-order valence-electron chi connectivity index (χ0n) is 7.71. The molecule has 1 rings (SSSR count). The van der Waals surface area contributed by atoms with Gasteiger partial charge >= 0.3 is 5.97 Å². The maximum atomic E-state index is 10.6. The van der Waals surface area contributed by atoms with Gasteiger partial charge in [0.2, 0.25) is 0 Å². The molecule has 1 aromatic rings. The van der Waals surface area contributed by atoms with Gasteiger partial charge in [-0.1, -0.05) is 5.21 Å². The van der Waals surface area contributed by atoms with Crippen molar-refractivity contribution < 1.29 is 15.0 Å². The summed E-state index contributed by atoms with van der Waals surface area (Å²) < 4.78 is 1.30. The normalized spacial score (nSPS) is 12.8. The molecule has 0 fully saturated rings. The third-order valence-electron chi connectivity index (χ3n) is 1.67. The Morgan fingerprint density at radius 2 is 2.36 bits per heavy atom. The lowest BCUT2D eigenvalue weighted by Gasteiger charge is -2.06. The smallest absolute Gasteiger partial charge is 0.358 e. The fourth-order valence-electron chi connectivity index (χ4n) is 1.10. The molecular formula is C7H12N4O3. The van der Waals surface area contributed by atoms with E-state index in [9.17, 15) is 4.79 Å². The predicted molar refractivity (Wildman–Crippen MR) is 46.6 cm³/mol. The number of carbonyl (C=O) groups is 1. The summed E-state index contributed by atoms with van der Waals surface area (Å²) in [7, 11) is 0. The van der Waals surface area contributed by atoms with Crippen LogP contribution in [0.25, 0.3) is 0 Å². The van der Waals surface area contributed by atoms with Gasteiger partial charge in [0.25, 0.3) is 0 Å². The van der Waals surface area contributed by atoms with E-state index < -0.39 is 12.1 Å². The summed E-state index contributed by atoms with van der Waals surface area (Å²) in [5.74, 6) is -1.16. The van der Waals surface area contributed by atoms with Gasteiger partial charge in [-0.25, -0.2) is 9.48 Å². The fourth-order valence-corrected chi connectivity index (χ4v) is 1.10. The number of carboxylic acids is 1. The van der Waals surface area contributed by atoms with E-state index in [1.54, 1.807) is 6.92 Å². The fraction of sp³-hybridized carbons (Fsp3) is 0.571. The molecule has 1 atom stereocenters. The van der Waals surface area contributed by atoms with Crippen molar-refractivity contribution in [3.63, 3.8) is 0 Å². The van der Waals surface area contributed by atoms with E-state index >= 15 is 0 Å². The Kier molecular flexibility index (Phi) is 3.15. The summed E-state index contributed by atoms with van der Waals surface area (Å²) >= 11 is 0. The van der Waals surface area contributed by atoms with E-state index in [1.165, 1.54) is 4.68 Å². The number of carboxylic acid groups (broad SMARTS) is 1. The Labute approximate surface area is 80.1 Å². The molecule has 78 valence electrons. The predicted octanol–water partition coefficient (Wildman–Crippen LogP) is -1.18. The zero-order valence-corrected chi connectivity index (χ0v) is 7.71. The maximum Gasteiger partial charge on any atom is 0.358 e. The number of rotatable bonds is 4. The number of hydrogen-bond donors (Lipinski definition) is 3. The Morgan fingerprint density at radius 1 is 1.71 bits per heavy atom. The van der Waals surface area contributed by atoms with E-state index in [0.29, 0.717) is 5.69 Å². The lowest BCUT2D eigenvalue weighted by Crippen LogP contribution is -2.18. The molecule has 0 aliphatic heterocycles. The van der Waals surface area contributed by atoms with Crippen molar-refractivity contribution in [2.24, 2.45) is 5.73 Å². The highest BCUT2D eigenvalue weighted by Gasteiger charge is 2.17. The largest absolute Gasteiger partial charge is 0.476 e. The van der Waals surface area contributed by atoms with Gasteiger partial charge in [0.05, 0.1) is 18.3 Å². The van der Waals surface area contributed by atoms with Crippen LogP contribution < -0.4 is 5.73 Å². The average Bonchev–Trinajstić information content (AvgIpc) is 2.46. The van der Waals surface area contributed by atoms with Crippen LogP contribution in [0.3, 0.4) is 0 Å². The van der Waals surface area contributed by atoms with Crippen LogP contribution in [0.4, 0.5) is 0 Å². The minimum absolute atomic E-state index is 0.0291. The summed E-state index contributed by atoms with van der Waals surface area (Å²) in [6, 6.07) is 0. The summed E-state index contributed by atoms with van der Waals surface area (Å²) in [6.45, 7) is 1.79. The van der Waals surface area contributed by atoms with Gasteiger partial charge in [0, 0.05) is 6.54 Å². The standard InChI is InChI=1S/C7H12N4O3/c1-4(12)3-11-5(2-8)6(7(13)14)9-10-11/h4,12H,2-3,8H2,1H3,(H,13,14). The first-order chi connectivity index (χ1) is 6.56. The molecule has 0 amide bonds. The number of aromatic nitrogens is 3. The molecule has 0 bridgehead atoms. The van der Waals surface area contributed by atoms with Gasteiger partial charge in [-0.3, -0.25) is 0 Å². The van der Waals surface area contributed by atoms with Crippen molar-refractivity contribution in [3.8, 4) is 0 Å². The Balaban J connectivity index is 3.01. The Morgan fingerprint density at radius 3 is 2.79 bits per heavy atom. The van der Waals surface area contributed by atoms with Crippen molar-refractivity contribution in [2.75, 3.05) is 0 Å². The summed E-state index contributed by atoms with van der Waals surface area (Å²) in [5, 5.41) is 24.9. The molecule has 0 spiro atoms. The molecule has 0 radical (unpaired) electrons. The highest BCUT2D eigenvalue weighted by atomic mass is 16.4. The van der Waals surface area contributed by atoms with Crippen LogP contribution in [0.1, 0.15) is 23.1 Å². The van der Waals surface area contributed by atoms with Crippen molar-refractivity contribution >= 4 is 5.97 Å². The number of hydrogen-bond acceptors (Lipinski definition) is 5. The first-order valence-electron chi connectivity index (χ1n) is 4.10. The van der Waals surface area contributed by atoms with Crippen molar-refractivity contribution in [2.45, 2.75) is 26.1 Å². The second-order valence-electron chi connectivity index (χ2n) is 2.93.